The average Bonchev–Trinajstić information content (AvgIpc) is 2.92. The van der Waals surface area contributed by atoms with Crippen molar-refractivity contribution in [2.45, 2.75) is 13.3 Å². The molecular weight excluding hydrogens is 336 g/mol. The van der Waals surface area contributed by atoms with Crippen molar-refractivity contribution in [2.24, 2.45) is 0 Å². The topological polar surface area (TPSA) is 45.5 Å². The van der Waals surface area contributed by atoms with Gasteiger partial charge in [0, 0.05) is 42.3 Å². The largest absolute Gasteiger partial charge is 0.451 e. The van der Waals surface area contributed by atoms with Crippen LogP contribution in [0.25, 0.3) is 11.0 Å². The zero-order valence-electron chi connectivity index (χ0n) is 14.6. The van der Waals surface area contributed by atoms with E-state index in [-0.39, 0.29) is 5.91 Å². The molecule has 0 aliphatic carbocycles. The molecule has 0 saturated carbocycles. The molecule has 1 amide bonds. The number of carbonyl (C=O) groups excluding carboxylic acids is 1. The van der Waals surface area contributed by atoms with Crippen molar-refractivity contribution >= 4 is 34.2 Å². The normalized spacial score (nSPS) is 10.9. The number of rotatable bonds is 5. The molecule has 0 aliphatic heterocycles. The number of carbonyl (C=O) groups is 1. The number of hydrogen-bond donors (Lipinski definition) is 1. The molecule has 4 nitrogen and oxygen atoms in total. The van der Waals surface area contributed by atoms with Crippen LogP contribution in [0, 0.1) is 6.92 Å². The highest BCUT2D eigenvalue weighted by Gasteiger charge is 2.17. The highest BCUT2D eigenvalue weighted by Crippen LogP contribution is 2.27. The van der Waals surface area contributed by atoms with E-state index in [2.05, 4.69) is 34.5 Å². The van der Waals surface area contributed by atoms with Crippen LogP contribution in [0.1, 0.15) is 21.7 Å². The quantitative estimate of drug-likeness (QED) is 0.735. The SMILES string of the molecule is Cc1c(C(=O)NCCc2ccc(N(C)C)cc2)oc2ccc(Cl)cc12. The second-order valence-corrected chi connectivity index (χ2v) is 6.70. The van der Waals surface area contributed by atoms with Crippen LogP contribution in [0.2, 0.25) is 5.02 Å². The lowest BCUT2D eigenvalue weighted by Gasteiger charge is -2.12. The highest BCUT2D eigenvalue weighted by atomic mass is 35.5. The fraction of sp³-hybridized carbons (Fsp3) is 0.250. The Hall–Kier alpha value is -2.46. The molecule has 0 atom stereocenters. The minimum Gasteiger partial charge on any atom is -0.451 e. The van der Waals surface area contributed by atoms with E-state index in [4.69, 9.17) is 16.0 Å². The molecule has 25 heavy (non-hydrogen) atoms. The summed E-state index contributed by atoms with van der Waals surface area (Å²) in [5.41, 5.74) is 3.82. The van der Waals surface area contributed by atoms with Crippen LogP contribution in [0.5, 0.6) is 0 Å². The van der Waals surface area contributed by atoms with E-state index in [1.807, 2.05) is 27.1 Å². The number of nitrogens with one attached hydrogen (secondary N) is 1. The molecule has 3 rings (SSSR count). The number of nitrogens with zero attached hydrogens (tertiary/aromatic N) is 1. The number of amides is 1. The molecule has 1 heterocycles. The summed E-state index contributed by atoms with van der Waals surface area (Å²) >= 11 is 6.02. The molecule has 0 unspecified atom stereocenters. The Balaban J connectivity index is 1.64. The van der Waals surface area contributed by atoms with Gasteiger partial charge < -0.3 is 14.6 Å². The Bertz CT molecular complexity index is 898. The first-order valence-electron chi connectivity index (χ1n) is 8.19. The Morgan fingerprint density at radius 2 is 1.88 bits per heavy atom. The molecule has 0 aliphatic rings. The summed E-state index contributed by atoms with van der Waals surface area (Å²) in [7, 11) is 4.02. The number of benzene rings is 2. The maximum Gasteiger partial charge on any atom is 0.287 e. The molecule has 0 fully saturated rings. The van der Waals surface area contributed by atoms with Crippen molar-refractivity contribution in [1.29, 1.82) is 0 Å². The lowest BCUT2D eigenvalue weighted by molar-refractivity contribution is 0.0928. The number of anilines is 1. The van der Waals surface area contributed by atoms with E-state index >= 15 is 0 Å². The molecular formula is C20H21ClN2O2. The van der Waals surface area contributed by atoms with Gasteiger partial charge in [-0.2, -0.15) is 0 Å². The summed E-state index contributed by atoms with van der Waals surface area (Å²) in [6.07, 6.45) is 0.768. The highest BCUT2D eigenvalue weighted by molar-refractivity contribution is 6.31. The van der Waals surface area contributed by atoms with Crippen molar-refractivity contribution in [2.75, 3.05) is 25.5 Å². The number of furan rings is 1. The number of aryl methyl sites for hydroxylation is 1. The van der Waals surface area contributed by atoms with Gasteiger partial charge in [-0.15, -0.1) is 0 Å². The van der Waals surface area contributed by atoms with E-state index in [9.17, 15) is 4.79 Å². The van der Waals surface area contributed by atoms with E-state index in [1.54, 1.807) is 12.1 Å². The molecule has 0 radical (unpaired) electrons. The van der Waals surface area contributed by atoms with Gasteiger partial charge in [-0.25, -0.2) is 0 Å². The summed E-state index contributed by atoms with van der Waals surface area (Å²) in [5.74, 6) is 0.148. The Kier molecular flexibility index (Phi) is 5.00. The van der Waals surface area contributed by atoms with Gasteiger partial charge in [0.05, 0.1) is 0 Å². The lowest BCUT2D eigenvalue weighted by Crippen LogP contribution is -2.25. The van der Waals surface area contributed by atoms with E-state index < -0.39 is 0 Å². The molecule has 0 bridgehead atoms. The van der Waals surface area contributed by atoms with Crippen LogP contribution in [-0.4, -0.2) is 26.5 Å². The van der Waals surface area contributed by atoms with Gasteiger partial charge in [-0.05, 0) is 49.2 Å². The Morgan fingerprint density at radius 3 is 2.56 bits per heavy atom. The van der Waals surface area contributed by atoms with Gasteiger partial charge >= 0.3 is 0 Å². The molecule has 1 N–H and O–H groups in total. The first-order chi connectivity index (χ1) is 12.0. The second-order valence-electron chi connectivity index (χ2n) is 6.26. The van der Waals surface area contributed by atoms with Gasteiger partial charge in [0.25, 0.3) is 5.91 Å². The van der Waals surface area contributed by atoms with Crippen molar-refractivity contribution in [1.82, 2.24) is 5.32 Å². The third-order valence-corrected chi connectivity index (χ3v) is 4.49. The van der Waals surface area contributed by atoms with Crippen LogP contribution >= 0.6 is 11.6 Å². The standard InChI is InChI=1S/C20H21ClN2O2/c1-13-17-12-15(21)6-9-18(17)25-19(13)20(24)22-11-10-14-4-7-16(8-5-14)23(2)3/h4-9,12H,10-11H2,1-3H3,(H,22,24). The number of halogens is 1. The lowest BCUT2D eigenvalue weighted by atomic mass is 10.1. The number of hydrogen-bond acceptors (Lipinski definition) is 3. The molecule has 0 spiro atoms. The third kappa shape index (κ3) is 3.80. The Labute approximate surface area is 152 Å². The molecule has 2 aromatic carbocycles. The van der Waals surface area contributed by atoms with Crippen molar-refractivity contribution in [3.8, 4) is 0 Å². The summed E-state index contributed by atoms with van der Waals surface area (Å²) in [4.78, 5) is 14.5. The van der Waals surface area contributed by atoms with Gasteiger partial charge in [-0.1, -0.05) is 23.7 Å². The van der Waals surface area contributed by atoms with Gasteiger partial charge in [0.2, 0.25) is 0 Å². The third-order valence-electron chi connectivity index (χ3n) is 4.26. The zero-order chi connectivity index (χ0) is 18.0. The van der Waals surface area contributed by atoms with Crippen molar-refractivity contribution < 1.29 is 9.21 Å². The monoisotopic (exact) mass is 356 g/mol. The summed E-state index contributed by atoms with van der Waals surface area (Å²) < 4.78 is 5.68. The van der Waals surface area contributed by atoms with Crippen LogP contribution < -0.4 is 10.2 Å². The predicted octanol–water partition coefficient (Wildman–Crippen LogP) is 4.43. The van der Waals surface area contributed by atoms with Gasteiger partial charge in [0.15, 0.2) is 5.76 Å². The van der Waals surface area contributed by atoms with Crippen LogP contribution in [0.4, 0.5) is 5.69 Å². The smallest absolute Gasteiger partial charge is 0.287 e. The van der Waals surface area contributed by atoms with E-state index in [0.29, 0.717) is 22.9 Å². The van der Waals surface area contributed by atoms with Gasteiger partial charge in [0.1, 0.15) is 5.58 Å². The minimum absolute atomic E-state index is 0.199. The summed E-state index contributed by atoms with van der Waals surface area (Å²) in [5, 5.41) is 4.43. The summed E-state index contributed by atoms with van der Waals surface area (Å²) in [6, 6.07) is 13.7. The molecule has 1 aromatic heterocycles. The van der Waals surface area contributed by atoms with E-state index in [0.717, 1.165) is 23.1 Å². The minimum atomic E-state index is -0.199. The molecule has 5 heteroatoms. The maximum absolute atomic E-state index is 12.4. The molecule has 130 valence electrons. The first kappa shape index (κ1) is 17.4. The zero-order valence-corrected chi connectivity index (χ0v) is 15.4. The maximum atomic E-state index is 12.4. The van der Waals surface area contributed by atoms with Crippen LogP contribution in [0.15, 0.2) is 46.9 Å². The van der Waals surface area contributed by atoms with Crippen molar-refractivity contribution in [3.05, 3.63) is 64.4 Å². The predicted molar refractivity (Wildman–Crippen MR) is 103 cm³/mol. The average molecular weight is 357 g/mol. The van der Waals surface area contributed by atoms with E-state index in [1.165, 1.54) is 5.56 Å². The molecule has 3 aromatic rings. The van der Waals surface area contributed by atoms with Gasteiger partial charge in [-0.3, -0.25) is 4.79 Å². The fourth-order valence-electron chi connectivity index (χ4n) is 2.77. The number of fused-ring (bicyclic) bond motifs is 1. The fourth-order valence-corrected chi connectivity index (χ4v) is 2.94. The van der Waals surface area contributed by atoms with Crippen LogP contribution in [0.3, 0.4) is 0 Å². The first-order valence-corrected chi connectivity index (χ1v) is 8.56. The summed E-state index contributed by atoms with van der Waals surface area (Å²) in [6.45, 7) is 2.43. The second kappa shape index (κ2) is 7.19. The Morgan fingerprint density at radius 1 is 1.16 bits per heavy atom. The van der Waals surface area contributed by atoms with Crippen LogP contribution in [-0.2, 0) is 6.42 Å². The van der Waals surface area contributed by atoms with Crippen molar-refractivity contribution in [3.63, 3.8) is 0 Å². The molecule has 0 saturated heterocycles.